The molecule has 1 saturated carbocycles. The van der Waals surface area contributed by atoms with Crippen molar-refractivity contribution in [1.29, 1.82) is 0 Å². The summed E-state index contributed by atoms with van der Waals surface area (Å²) in [6.45, 7) is 6.39. The molecular formula is C19H34IN5. The van der Waals surface area contributed by atoms with Crippen LogP contribution in [0.15, 0.2) is 17.4 Å². The second-order valence-corrected chi connectivity index (χ2v) is 7.59. The minimum atomic E-state index is 0. The molecule has 0 unspecified atom stereocenters. The van der Waals surface area contributed by atoms with E-state index in [1.165, 1.54) is 57.2 Å². The molecule has 1 saturated heterocycles. The Morgan fingerprint density at radius 2 is 2.08 bits per heavy atom. The average molecular weight is 459 g/mol. The smallest absolute Gasteiger partial charge is 0.193 e. The Balaban J connectivity index is 0.00000225. The molecule has 3 rings (SSSR count). The largest absolute Gasteiger partial charge is 0.357 e. The second-order valence-electron chi connectivity index (χ2n) is 7.59. The standard InChI is InChI=1S/C19H33N5.HI/c1-3-20-18(21-12-7-8-17-14-22-23(2)15-17)24-13-11-19(16-24)9-5-4-6-10-19;/h14-15H,3-13,16H2,1-2H3,(H,20,21);1H. The van der Waals surface area contributed by atoms with E-state index in [2.05, 4.69) is 28.4 Å². The van der Waals surface area contributed by atoms with Crippen molar-refractivity contribution >= 4 is 29.9 Å². The maximum absolute atomic E-state index is 4.90. The first-order valence-corrected chi connectivity index (χ1v) is 9.72. The van der Waals surface area contributed by atoms with Gasteiger partial charge in [-0.3, -0.25) is 9.67 Å². The van der Waals surface area contributed by atoms with Gasteiger partial charge in [0.2, 0.25) is 0 Å². The van der Waals surface area contributed by atoms with Gasteiger partial charge in [0.25, 0.3) is 0 Å². The van der Waals surface area contributed by atoms with Crippen LogP contribution < -0.4 is 5.32 Å². The first kappa shape index (κ1) is 20.5. The molecule has 2 aliphatic rings. The lowest BCUT2D eigenvalue weighted by Gasteiger charge is -2.33. The quantitative estimate of drug-likeness (QED) is 0.317. The summed E-state index contributed by atoms with van der Waals surface area (Å²) in [5, 5.41) is 7.74. The van der Waals surface area contributed by atoms with Crippen LogP contribution in [0.1, 0.15) is 57.4 Å². The molecule has 6 heteroatoms. The third-order valence-electron chi connectivity index (χ3n) is 5.63. The highest BCUT2D eigenvalue weighted by molar-refractivity contribution is 14.0. The number of likely N-dealkylation sites (tertiary alicyclic amines) is 1. The fourth-order valence-electron chi connectivity index (χ4n) is 4.32. The summed E-state index contributed by atoms with van der Waals surface area (Å²) in [5.74, 6) is 1.13. The molecule has 1 aromatic heterocycles. The Labute approximate surface area is 169 Å². The van der Waals surface area contributed by atoms with Gasteiger partial charge in [-0.1, -0.05) is 19.3 Å². The first-order chi connectivity index (χ1) is 11.7. The van der Waals surface area contributed by atoms with Gasteiger partial charge in [-0.2, -0.15) is 5.10 Å². The molecule has 0 aromatic carbocycles. The molecule has 0 amide bonds. The zero-order valence-electron chi connectivity index (χ0n) is 15.8. The van der Waals surface area contributed by atoms with E-state index in [0.29, 0.717) is 5.41 Å². The van der Waals surface area contributed by atoms with Gasteiger partial charge in [0.15, 0.2) is 5.96 Å². The number of guanidine groups is 1. The van der Waals surface area contributed by atoms with Crippen molar-refractivity contribution in [3.63, 3.8) is 0 Å². The number of aliphatic imine (C=N–C) groups is 1. The summed E-state index contributed by atoms with van der Waals surface area (Å²) in [4.78, 5) is 7.41. The van der Waals surface area contributed by atoms with E-state index < -0.39 is 0 Å². The highest BCUT2D eigenvalue weighted by Gasteiger charge is 2.39. The molecule has 1 aliphatic heterocycles. The van der Waals surface area contributed by atoms with Crippen LogP contribution in [-0.4, -0.2) is 46.8 Å². The normalized spacial score (nSPS) is 19.9. The van der Waals surface area contributed by atoms with Crippen LogP contribution in [0.25, 0.3) is 0 Å². The predicted molar refractivity (Wildman–Crippen MR) is 115 cm³/mol. The monoisotopic (exact) mass is 459 g/mol. The highest BCUT2D eigenvalue weighted by Crippen LogP contribution is 2.43. The molecule has 2 fully saturated rings. The Morgan fingerprint density at radius 1 is 1.28 bits per heavy atom. The maximum Gasteiger partial charge on any atom is 0.193 e. The number of halogens is 1. The molecular weight excluding hydrogens is 425 g/mol. The first-order valence-electron chi connectivity index (χ1n) is 9.72. The SMILES string of the molecule is CCNC(=NCCCc1cnn(C)c1)N1CCC2(CCCCC2)C1.I. The summed E-state index contributed by atoms with van der Waals surface area (Å²) in [6.07, 6.45) is 14.7. The fraction of sp³-hybridized carbons (Fsp3) is 0.789. The number of hydrogen-bond acceptors (Lipinski definition) is 2. The van der Waals surface area contributed by atoms with E-state index in [0.717, 1.165) is 31.9 Å². The zero-order chi connectivity index (χ0) is 16.8. The minimum absolute atomic E-state index is 0. The van der Waals surface area contributed by atoms with Crippen molar-refractivity contribution < 1.29 is 0 Å². The van der Waals surface area contributed by atoms with Gasteiger partial charge in [0, 0.05) is 39.4 Å². The predicted octanol–water partition coefficient (Wildman–Crippen LogP) is 3.59. The number of nitrogens with zero attached hydrogens (tertiary/aromatic N) is 4. The molecule has 1 aliphatic carbocycles. The fourth-order valence-corrected chi connectivity index (χ4v) is 4.32. The molecule has 5 nitrogen and oxygen atoms in total. The van der Waals surface area contributed by atoms with Crippen molar-refractivity contribution in [2.75, 3.05) is 26.2 Å². The minimum Gasteiger partial charge on any atom is -0.357 e. The third kappa shape index (κ3) is 5.59. The van der Waals surface area contributed by atoms with Crippen molar-refractivity contribution in [3.8, 4) is 0 Å². The number of rotatable bonds is 5. The molecule has 1 aromatic rings. The van der Waals surface area contributed by atoms with E-state index in [4.69, 9.17) is 4.99 Å². The summed E-state index contributed by atoms with van der Waals surface area (Å²) < 4.78 is 1.87. The van der Waals surface area contributed by atoms with Crippen LogP contribution in [-0.2, 0) is 13.5 Å². The Morgan fingerprint density at radius 3 is 2.76 bits per heavy atom. The van der Waals surface area contributed by atoms with Gasteiger partial charge < -0.3 is 10.2 Å². The summed E-state index contributed by atoms with van der Waals surface area (Å²) in [6, 6.07) is 0. The van der Waals surface area contributed by atoms with Crippen molar-refractivity contribution in [2.24, 2.45) is 17.5 Å². The molecule has 1 spiro atoms. The van der Waals surface area contributed by atoms with Gasteiger partial charge >= 0.3 is 0 Å². The maximum atomic E-state index is 4.90. The van der Waals surface area contributed by atoms with Crippen LogP contribution >= 0.6 is 24.0 Å². The molecule has 2 heterocycles. The Kier molecular flexibility index (Phi) is 8.03. The van der Waals surface area contributed by atoms with Crippen molar-refractivity contribution in [1.82, 2.24) is 20.0 Å². The van der Waals surface area contributed by atoms with Crippen molar-refractivity contribution in [3.05, 3.63) is 18.0 Å². The van der Waals surface area contributed by atoms with Gasteiger partial charge in [-0.25, -0.2) is 0 Å². The summed E-state index contributed by atoms with van der Waals surface area (Å²) in [5.41, 5.74) is 1.89. The summed E-state index contributed by atoms with van der Waals surface area (Å²) >= 11 is 0. The van der Waals surface area contributed by atoms with Crippen LogP contribution in [0.4, 0.5) is 0 Å². The summed E-state index contributed by atoms with van der Waals surface area (Å²) in [7, 11) is 1.97. The Bertz CT molecular complexity index is 548. The molecule has 25 heavy (non-hydrogen) atoms. The molecule has 0 atom stereocenters. The second kappa shape index (κ2) is 9.78. The van der Waals surface area contributed by atoms with E-state index in [1.54, 1.807) is 0 Å². The molecule has 0 bridgehead atoms. The number of aryl methyl sites for hydroxylation is 2. The zero-order valence-corrected chi connectivity index (χ0v) is 18.2. The third-order valence-corrected chi connectivity index (χ3v) is 5.63. The lowest BCUT2D eigenvalue weighted by atomic mass is 9.73. The molecule has 1 N–H and O–H groups in total. The average Bonchev–Trinajstić information content (AvgIpc) is 3.18. The highest BCUT2D eigenvalue weighted by atomic mass is 127. The topological polar surface area (TPSA) is 45.5 Å². The van der Waals surface area contributed by atoms with Gasteiger partial charge in [-0.15, -0.1) is 24.0 Å². The lowest BCUT2D eigenvalue weighted by molar-refractivity contribution is 0.203. The molecule has 142 valence electrons. The van der Waals surface area contributed by atoms with Gasteiger partial charge in [0.05, 0.1) is 6.20 Å². The van der Waals surface area contributed by atoms with E-state index in [9.17, 15) is 0 Å². The van der Waals surface area contributed by atoms with Gasteiger partial charge in [0.1, 0.15) is 0 Å². The van der Waals surface area contributed by atoms with E-state index >= 15 is 0 Å². The molecule has 0 radical (unpaired) electrons. The van der Waals surface area contributed by atoms with Crippen LogP contribution in [0.5, 0.6) is 0 Å². The lowest BCUT2D eigenvalue weighted by Crippen LogP contribution is -2.41. The van der Waals surface area contributed by atoms with Crippen LogP contribution in [0.3, 0.4) is 0 Å². The number of nitrogens with one attached hydrogen (secondary N) is 1. The van der Waals surface area contributed by atoms with Gasteiger partial charge in [-0.05, 0) is 50.0 Å². The van der Waals surface area contributed by atoms with Crippen LogP contribution in [0, 0.1) is 5.41 Å². The van der Waals surface area contributed by atoms with E-state index in [-0.39, 0.29) is 24.0 Å². The Hall–Kier alpha value is -0.790. The number of hydrogen-bond donors (Lipinski definition) is 1. The van der Waals surface area contributed by atoms with Crippen molar-refractivity contribution in [2.45, 2.75) is 58.3 Å². The number of aromatic nitrogens is 2. The van der Waals surface area contributed by atoms with Crippen LogP contribution in [0.2, 0.25) is 0 Å². The van der Waals surface area contributed by atoms with E-state index in [1.807, 2.05) is 17.9 Å².